The number of anilines is 1. The summed E-state index contributed by atoms with van der Waals surface area (Å²) in [6.07, 6.45) is 1.66. The van der Waals surface area contributed by atoms with Gasteiger partial charge in [-0.3, -0.25) is 9.48 Å². The fraction of sp³-hybridized carbons (Fsp3) is 0.300. The van der Waals surface area contributed by atoms with Crippen molar-refractivity contribution in [1.29, 1.82) is 0 Å². The molecule has 0 saturated heterocycles. The van der Waals surface area contributed by atoms with Gasteiger partial charge in [-0.05, 0) is 32.9 Å². The van der Waals surface area contributed by atoms with Crippen LogP contribution in [0.1, 0.15) is 35.7 Å². The van der Waals surface area contributed by atoms with Crippen LogP contribution in [0.3, 0.4) is 0 Å². The van der Waals surface area contributed by atoms with Crippen LogP contribution in [0.25, 0.3) is 0 Å². The fourth-order valence-electron chi connectivity index (χ4n) is 3.07. The highest BCUT2D eigenvalue weighted by molar-refractivity contribution is 5.94. The molecule has 0 spiro atoms. The zero-order valence-electron chi connectivity index (χ0n) is 15.6. The number of quaternary nitrogens is 1. The number of hydrogen-bond acceptors (Lipinski definition) is 3. The second-order valence-corrected chi connectivity index (χ2v) is 6.54. The first kappa shape index (κ1) is 17.9. The van der Waals surface area contributed by atoms with Crippen LogP contribution in [0.15, 0.2) is 53.1 Å². The summed E-state index contributed by atoms with van der Waals surface area (Å²) in [6, 6.07) is 13.5. The molecule has 6 nitrogen and oxygen atoms in total. The highest BCUT2D eigenvalue weighted by Gasteiger charge is 2.27. The first-order valence-corrected chi connectivity index (χ1v) is 8.71. The van der Waals surface area contributed by atoms with Gasteiger partial charge in [-0.2, -0.15) is 5.10 Å². The third-order valence-electron chi connectivity index (χ3n) is 4.66. The van der Waals surface area contributed by atoms with Gasteiger partial charge in [-0.25, -0.2) is 0 Å². The lowest BCUT2D eigenvalue weighted by molar-refractivity contribution is -0.706. The first-order valence-electron chi connectivity index (χ1n) is 8.71. The van der Waals surface area contributed by atoms with E-state index in [9.17, 15) is 4.79 Å². The number of benzene rings is 1. The maximum absolute atomic E-state index is 12.8. The second kappa shape index (κ2) is 7.58. The summed E-state index contributed by atoms with van der Waals surface area (Å²) >= 11 is 0. The number of rotatable bonds is 6. The molecule has 2 aromatic heterocycles. The molecule has 136 valence electrons. The summed E-state index contributed by atoms with van der Waals surface area (Å²) in [4.78, 5) is 12.8. The second-order valence-electron chi connectivity index (χ2n) is 6.54. The molecule has 3 rings (SSSR count). The molecule has 3 aromatic rings. The van der Waals surface area contributed by atoms with Crippen molar-refractivity contribution in [2.75, 3.05) is 5.32 Å². The topological polar surface area (TPSA) is 76.7 Å². The van der Waals surface area contributed by atoms with Crippen molar-refractivity contribution < 1.29 is 14.5 Å². The van der Waals surface area contributed by atoms with Gasteiger partial charge in [0.2, 0.25) is 0 Å². The third-order valence-corrected chi connectivity index (χ3v) is 4.66. The molecule has 6 heteroatoms. The zero-order valence-corrected chi connectivity index (χ0v) is 15.6. The van der Waals surface area contributed by atoms with Crippen molar-refractivity contribution >= 4 is 11.6 Å². The summed E-state index contributed by atoms with van der Waals surface area (Å²) in [5.74, 6) is 0.765. The minimum atomic E-state index is -0.302. The molecule has 0 radical (unpaired) electrons. The van der Waals surface area contributed by atoms with Crippen LogP contribution in [0.2, 0.25) is 0 Å². The predicted molar refractivity (Wildman–Crippen MR) is 99.7 cm³/mol. The van der Waals surface area contributed by atoms with Gasteiger partial charge in [0.25, 0.3) is 5.91 Å². The number of furan rings is 1. The number of carbonyl (C=O) groups excluding carboxylic acids is 1. The minimum Gasteiger partial charge on any atom is -0.463 e. The SMILES string of the molecule is Cc1nn(C)c(C)c1NC(=O)[C@H](C)[NH2+][C@@H](c1ccccc1)c1ccco1. The summed E-state index contributed by atoms with van der Waals surface area (Å²) in [5, 5.41) is 9.38. The molecule has 0 unspecified atom stereocenters. The molecule has 1 amide bonds. The number of aryl methyl sites for hydroxylation is 2. The average molecular weight is 353 g/mol. The molecule has 2 heterocycles. The van der Waals surface area contributed by atoms with Crippen molar-refractivity contribution in [2.45, 2.75) is 32.9 Å². The highest BCUT2D eigenvalue weighted by atomic mass is 16.3. The minimum absolute atomic E-state index is 0.0586. The van der Waals surface area contributed by atoms with Gasteiger partial charge in [0, 0.05) is 12.6 Å². The molecule has 0 bridgehead atoms. The van der Waals surface area contributed by atoms with Crippen LogP contribution < -0.4 is 10.6 Å². The Morgan fingerprint density at radius 2 is 1.92 bits per heavy atom. The van der Waals surface area contributed by atoms with Gasteiger partial charge in [0.15, 0.2) is 17.8 Å². The van der Waals surface area contributed by atoms with Crippen molar-refractivity contribution in [1.82, 2.24) is 9.78 Å². The predicted octanol–water partition coefficient (Wildman–Crippen LogP) is 2.31. The lowest BCUT2D eigenvalue weighted by Crippen LogP contribution is -2.92. The third kappa shape index (κ3) is 3.70. The Labute approximate surface area is 153 Å². The monoisotopic (exact) mass is 353 g/mol. The lowest BCUT2D eigenvalue weighted by atomic mass is 10.0. The molecule has 0 fully saturated rings. The van der Waals surface area contributed by atoms with Crippen LogP contribution in [0.4, 0.5) is 5.69 Å². The quantitative estimate of drug-likeness (QED) is 0.714. The smallest absolute Gasteiger partial charge is 0.282 e. The van der Waals surface area contributed by atoms with Crippen LogP contribution >= 0.6 is 0 Å². The van der Waals surface area contributed by atoms with Crippen molar-refractivity contribution in [3.8, 4) is 0 Å². The molecule has 0 saturated carbocycles. The standard InChI is InChI=1S/C20H24N4O2/c1-13-18(15(3)24(4)23-13)22-20(25)14(2)21-19(17-11-8-12-26-17)16-9-6-5-7-10-16/h5-12,14,19,21H,1-4H3,(H,22,25)/p+1/t14-,19-/m0/s1. The molecule has 2 atom stereocenters. The Morgan fingerprint density at radius 1 is 1.19 bits per heavy atom. The van der Waals surface area contributed by atoms with E-state index in [1.807, 2.05) is 75.6 Å². The van der Waals surface area contributed by atoms with Crippen molar-refractivity contribution in [2.24, 2.45) is 7.05 Å². The molecular formula is C20H25N4O2+. The van der Waals surface area contributed by atoms with E-state index in [0.29, 0.717) is 0 Å². The summed E-state index contributed by atoms with van der Waals surface area (Å²) < 4.78 is 7.39. The first-order chi connectivity index (χ1) is 12.5. The molecule has 0 aliphatic rings. The van der Waals surface area contributed by atoms with Gasteiger partial charge < -0.3 is 15.1 Å². The van der Waals surface area contributed by atoms with Gasteiger partial charge in [0.1, 0.15) is 0 Å². The molecule has 26 heavy (non-hydrogen) atoms. The van der Waals surface area contributed by atoms with E-state index in [-0.39, 0.29) is 18.0 Å². The summed E-state index contributed by atoms with van der Waals surface area (Å²) in [5.41, 5.74) is 3.63. The summed E-state index contributed by atoms with van der Waals surface area (Å²) in [6.45, 7) is 5.74. The van der Waals surface area contributed by atoms with E-state index in [1.54, 1.807) is 10.9 Å². The Bertz CT molecular complexity index is 869. The van der Waals surface area contributed by atoms with Gasteiger partial charge >= 0.3 is 0 Å². The van der Waals surface area contributed by atoms with E-state index < -0.39 is 0 Å². The van der Waals surface area contributed by atoms with E-state index in [1.165, 1.54) is 0 Å². The molecule has 3 N–H and O–H groups in total. The average Bonchev–Trinajstić information content (AvgIpc) is 3.25. The number of aromatic nitrogens is 2. The molecule has 0 aliphatic heterocycles. The van der Waals surface area contributed by atoms with Crippen molar-refractivity contribution in [3.63, 3.8) is 0 Å². The Morgan fingerprint density at radius 3 is 2.50 bits per heavy atom. The van der Waals surface area contributed by atoms with E-state index >= 15 is 0 Å². The number of carbonyl (C=O) groups is 1. The number of nitrogens with one attached hydrogen (secondary N) is 1. The lowest BCUT2D eigenvalue weighted by Gasteiger charge is -2.19. The molecule has 1 aromatic carbocycles. The summed E-state index contributed by atoms with van der Waals surface area (Å²) in [7, 11) is 1.87. The van der Waals surface area contributed by atoms with E-state index in [2.05, 4.69) is 10.4 Å². The number of nitrogens with zero attached hydrogens (tertiary/aromatic N) is 2. The Balaban J connectivity index is 1.77. The molecular weight excluding hydrogens is 328 g/mol. The number of amides is 1. The number of nitrogens with two attached hydrogens (primary N) is 1. The maximum Gasteiger partial charge on any atom is 0.282 e. The Hall–Kier alpha value is -2.86. The molecule has 0 aliphatic carbocycles. The van der Waals surface area contributed by atoms with Crippen molar-refractivity contribution in [3.05, 3.63) is 71.4 Å². The largest absolute Gasteiger partial charge is 0.463 e. The van der Waals surface area contributed by atoms with Gasteiger partial charge in [-0.1, -0.05) is 30.3 Å². The van der Waals surface area contributed by atoms with Crippen LogP contribution in [-0.2, 0) is 11.8 Å². The highest BCUT2D eigenvalue weighted by Crippen LogP contribution is 2.20. The fourth-order valence-corrected chi connectivity index (χ4v) is 3.07. The normalized spacial score (nSPS) is 13.4. The van der Waals surface area contributed by atoms with Crippen LogP contribution in [-0.4, -0.2) is 21.7 Å². The maximum atomic E-state index is 12.8. The van der Waals surface area contributed by atoms with Gasteiger partial charge in [-0.15, -0.1) is 0 Å². The van der Waals surface area contributed by atoms with Crippen LogP contribution in [0.5, 0.6) is 0 Å². The Kier molecular flexibility index (Phi) is 5.23. The number of hydrogen-bond donors (Lipinski definition) is 2. The van der Waals surface area contributed by atoms with E-state index in [0.717, 1.165) is 28.4 Å². The van der Waals surface area contributed by atoms with E-state index in [4.69, 9.17) is 4.42 Å². The van der Waals surface area contributed by atoms with Gasteiger partial charge in [0.05, 0.1) is 23.3 Å². The zero-order chi connectivity index (χ0) is 18.7. The van der Waals surface area contributed by atoms with Crippen LogP contribution in [0, 0.1) is 13.8 Å².